The molecule has 1 unspecified atom stereocenters. The molecule has 1 atom stereocenters. The zero-order valence-electron chi connectivity index (χ0n) is 11.7. The first kappa shape index (κ1) is 15.6. The van der Waals surface area contributed by atoms with E-state index in [1.165, 1.54) is 7.11 Å². The normalized spacial score (nSPS) is 13.1. The van der Waals surface area contributed by atoms with Crippen LogP contribution in [-0.2, 0) is 14.9 Å². The fourth-order valence-corrected chi connectivity index (χ4v) is 1.76. The van der Waals surface area contributed by atoms with Crippen LogP contribution in [-0.4, -0.2) is 42.4 Å². The van der Waals surface area contributed by atoms with Crippen molar-refractivity contribution in [3.05, 3.63) is 30.1 Å². The molecule has 0 aromatic carbocycles. The zero-order chi connectivity index (χ0) is 14.3. The van der Waals surface area contributed by atoms with Gasteiger partial charge in [-0.05, 0) is 11.6 Å². The van der Waals surface area contributed by atoms with Crippen molar-refractivity contribution in [1.29, 1.82) is 0 Å². The second-order valence-corrected chi connectivity index (χ2v) is 5.19. The molecule has 0 aliphatic rings. The third-order valence-corrected chi connectivity index (χ3v) is 3.02. The molecule has 1 rings (SSSR count). The Kier molecular flexibility index (Phi) is 5.92. The second-order valence-electron chi connectivity index (χ2n) is 5.19. The van der Waals surface area contributed by atoms with Crippen molar-refractivity contribution in [2.45, 2.75) is 31.8 Å². The minimum absolute atomic E-state index is 0.0107. The minimum Gasteiger partial charge on any atom is -0.469 e. The van der Waals surface area contributed by atoms with Crippen LogP contribution in [0.15, 0.2) is 24.5 Å². The lowest BCUT2D eigenvalue weighted by molar-refractivity contribution is -0.142. The third-order valence-electron chi connectivity index (χ3n) is 3.02. The monoisotopic (exact) mass is 266 g/mol. The smallest absolute Gasteiger partial charge is 0.308 e. The van der Waals surface area contributed by atoms with Gasteiger partial charge in [0.05, 0.1) is 19.6 Å². The average Bonchev–Trinajstić information content (AvgIpc) is 2.39. The fourth-order valence-electron chi connectivity index (χ4n) is 1.76. The minimum atomic E-state index is -0.725. The molecule has 0 radical (unpaired) electrons. The Bertz CT molecular complexity index is 393. The molecule has 5 nitrogen and oxygen atoms in total. The van der Waals surface area contributed by atoms with Crippen molar-refractivity contribution in [1.82, 2.24) is 10.3 Å². The van der Waals surface area contributed by atoms with E-state index in [0.717, 1.165) is 5.56 Å². The molecule has 0 aliphatic carbocycles. The molecule has 1 aromatic heterocycles. The number of pyridine rings is 1. The Labute approximate surface area is 114 Å². The van der Waals surface area contributed by atoms with Gasteiger partial charge in [0.15, 0.2) is 0 Å². The number of methoxy groups -OCH3 is 1. The van der Waals surface area contributed by atoms with Gasteiger partial charge in [-0.1, -0.05) is 19.9 Å². The van der Waals surface area contributed by atoms with E-state index in [2.05, 4.69) is 28.9 Å². The summed E-state index contributed by atoms with van der Waals surface area (Å²) < 4.78 is 4.50. The van der Waals surface area contributed by atoms with Gasteiger partial charge < -0.3 is 15.2 Å². The van der Waals surface area contributed by atoms with Crippen LogP contribution in [0.5, 0.6) is 0 Å². The standard InChI is InChI=1S/C14H22N2O3/c1-14(2,11-5-4-6-15-8-11)10-16-9-12(17)7-13(18)19-3/h4-6,8,12,16-17H,7,9-10H2,1-3H3. The van der Waals surface area contributed by atoms with E-state index in [4.69, 9.17) is 0 Å². The van der Waals surface area contributed by atoms with Gasteiger partial charge in [-0.2, -0.15) is 0 Å². The maximum Gasteiger partial charge on any atom is 0.308 e. The van der Waals surface area contributed by atoms with Gasteiger partial charge in [-0.3, -0.25) is 9.78 Å². The summed E-state index contributed by atoms with van der Waals surface area (Å²) in [6, 6.07) is 3.93. The van der Waals surface area contributed by atoms with Crippen LogP contribution in [0.1, 0.15) is 25.8 Å². The zero-order valence-corrected chi connectivity index (χ0v) is 11.7. The largest absolute Gasteiger partial charge is 0.469 e. The number of hydrogen-bond acceptors (Lipinski definition) is 5. The van der Waals surface area contributed by atoms with Crippen LogP contribution in [0, 0.1) is 0 Å². The number of ether oxygens (including phenoxy) is 1. The molecule has 5 heteroatoms. The topological polar surface area (TPSA) is 71.5 Å². The molecule has 0 saturated heterocycles. The molecule has 1 aromatic rings. The molecular formula is C14H22N2O3. The van der Waals surface area contributed by atoms with E-state index in [0.29, 0.717) is 13.1 Å². The van der Waals surface area contributed by atoms with Crippen LogP contribution in [0.3, 0.4) is 0 Å². The number of rotatable bonds is 7. The molecule has 106 valence electrons. The van der Waals surface area contributed by atoms with E-state index in [-0.39, 0.29) is 11.8 Å². The number of carbonyl (C=O) groups excluding carboxylic acids is 1. The lowest BCUT2D eigenvalue weighted by Crippen LogP contribution is -2.37. The molecule has 0 spiro atoms. The van der Waals surface area contributed by atoms with Crippen LogP contribution >= 0.6 is 0 Å². The Morgan fingerprint density at radius 1 is 1.58 bits per heavy atom. The molecule has 0 amide bonds. The predicted octanol–water partition coefficient (Wildman–Crippen LogP) is 0.873. The van der Waals surface area contributed by atoms with Gasteiger partial charge in [0.25, 0.3) is 0 Å². The van der Waals surface area contributed by atoms with Gasteiger partial charge in [0.1, 0.15) is 0 Å². The number of aliphatic hydroxyl groups excluding tert-OH is 1. The summed E-state index contributed by atoms with van der Waals surface area (Å²) in [6.07, 6.45) is 2.87. The first-order chi connectivity index (χ1) is 8.95. The summed E-state index contributed by atoms with van der Waals surface area (Å²) in [4.78, 5) is 15.1. The molecule has 19 heavy (non-hydrogen) atoms. The number of nitrogens with zero attached hydrogens (tertiary/aromatic N) is 1. The lowest BCUT2D eigenvalue weighted by Gasteiger charge is -2.26. The van der Waals surface area contributed by atoms with Crippen molar-refractivity contribution in [3.63, 3.8) is 0 Å². The van der Waals surface area contributed by atoms with Crippen LogP contribution < -0.4 is 5.32 Å². The van der Waals surface area contributed by atoms with Gasteiger partial charge in [0, 0.05) is 30.9 Å². The highest BCUT2D eigenvalue weighted by Gasteiger charge is 2.21. The first-order valence-electron chi connectivity index (χ1n) is 6.32. The summed E-state index contributed by atoms with van der Waals surface area (Å²) in [7, 11) is 1.31. The number of nitrogens with one attached hydrogen (secondary N) is 1. The highest BCUT2D eigenvalue weighted by molar-refractivity contribution is 5.69. The number of esters is 1. The molecule has 1 heterocycles. The summed E-state index contributed by atoms with van der Waals surface area (Å²) >= 11 is 0. The quantitative estimate of drug-likeness (QED) is 0.717. The molecule has 2 N–H and O–H groups in total. The third kappa shape index (κ3) is 5.36. The van der Waals surface area contributed by atoms with Gasteiger partial charge in [-0.25, -0.2) is 0 Å². The van der Waals surface area contributed by atoms with Gasteiger partial charge >= 0.3 is 5.97 Å². The van der Waals surface area contributed by atoms with E-state index in [9.17, 15) is 9.90 Å². The molecule has 0 saturated carbocycles. The molecule has 0 bridgehead atoms. The van der Waals surface area contributed by atoms with E-state index >= 15 is 0 Å². The molecule has 0 fully saturated rings. The molecular weight excluding hydrogens is 244 g/mol. The Hall–Kier alpha value is -1.46. The summed E-state index contributed by atoms with van der Waals surface area (Å²) in [6.45, 7) is 5.25. The number of aromatic nitrogens is 1. The highest BCUT2D eigenvalue weighted by Crippen LogP contribution is 2.20. The van der Waals surface area contributed by atoms with Gasteiger partial charge in [0.2, 0.25) is 0 Å². The van der Waals surface area contributed by atoms with E-state index in [1.54, 1.807) is 6.20 Å². The fraction of sp³-hybridized carbons (Fsp3) is 0.571. The van der Waals surface area contributed by atoms with Crippen LogP contribution in [0.4, 0.5) is 0 Å². The Morgan fingerprint density at radius 2 is 2.32 bits per heavy atom. The predicted molar refractivity (Wildman–Crippen MR) is 72.8 cm³/mol. The number of hydrogen-bond donors (Lipinski definition) is 2. The summed E-state index contributed by atoms with van der Waals surface area (Å²) in [5.41, 5.74) is 1.05. The summed E-state index contributed by atoms with van der Waals surface area (Å²) in [5.74, 6) is -0.402. The van der Waals surface area contributed by atoms with Crippen molar-refractivity contribution in [2.75, 3.05) is 20.2 Å². The Balaban J connectivity index is 2.38. The summed E-state index contributed by atoms with van der Waals surface area (Å²) in [5, 5.41) is 12.8. The number of aliphatic hydroxyl groups is 1. The van der Waals surface area contributed by atoms with E-state index in [1.807, 2.05) is 18.3 Å². The Morgan fingerprint density at radius 3 is 2.89 bits per heavy atom. The van der Waals surface area contributed by atoms with E-state index < -0.39 is 12.1 Å². The average molecular weight is 266 g/mol. The van der Waals surface area contributed by atoms with Crippen molar-refractivity contribution in [2.24, 2.45) is 0 Å². The lowest BCUT2D eigenvalue weighted by atomic mass is 9.85. The molecule has 0 aliphatic heterocycles. The highest BCUT2D eigenvalue weighted by atomic mass is 16.5. The van der Waals surface area contributed by atoms with Crippen LogP contribution in [0.2, 0.25) is 0 Å². The van der Waals surface area contributed by atoms with Crippen molar-refractivity contribution in [3.8, 4) is 0 Å². The maximum atomic E-state index is 11.0. The SMILES string of the molecule is COC(=O)CC(O)CNCC(C)(C)c1cccnc1. The van der Waals surface area contributed by atoms with Gasteiger partial charge in [-0.15, -0.1) is 0 Å². The van der Waals surface area contributed by atoms with Crippen molar-refractivity contribution >= 4 is 5.97 Å². The van der Waals surface area contributed by atoms with Crippen LogP contribution in [0.25, 0.3) is 0 Å². The van der Waals surface area contributed by atoms with Crippen molar-refractivity contribution < 1.29 is 14.6 Å². The second kappa shape index (κ2) is 7.21. The first-order valence-corrected chi connectivity index (χ1v) is 6.32. The maximum absolute atomic E-state index is 11.0. The number of carbonyl (C=O) groups is 1.